The number of amides is 1. The first-order valence-electron chi connectivity index (χ1n) is 4.96. The Hall–Kier alpha value is -1.95. The lowest BCUT2D eigenvalue weighted by Gasteiger charge is -2.03. The van der Waals surface area contributed by atoms with Gasteiger partial charge in [0.25, 0.3) is 5.91 Å². The molecule has 5 nitrogen and oxygen atoms in total. The van der Waals surface area contributed by atoms with Crippen molar-refractivity contribution in [2.75, 3.05) is 7.11 Å². The minimum Gasteiger partial charge on any atom is -0.481 e. The number of rotatable bonds is 4. The number of carbonyl (C=O) groups excluding carboxylic acids is 1. The van der Waals surface area contributed by atoms with Crippen molar-refractivity contribution in [3.05, 3.63) is 40.5 Å². The van der Waals surface area contributed by atoms with Crippen LogP contribution in [0.2, 0.25) is 0 Å². The minimum absolute atomic E-state index is 0.237. The number of carbonyl (C=O) groups is 1. The Kier molecular flexibility index (Phi) is 3.66. The van der Waals surface area contributed by atoms with E-state index in [1.54, 1.807) is 11.3 Å². The molecule has 0 saturated carbocycles. The maximum Gasteiger partial charge on any atom is 0.270 e. The number of hydrogen-bond acceptors (Lipinski definition) is 5. The molecule has 0 saturated heterocycles. The van der Waals surface area contributed by atoms with Gasteiger partial charge in [0.2, 0.25) is 5.88 Å². The molecule has 88 valence electrons. The zero-order valence-electron chi connectivity index (χ0n) is 9.21. The second kappa shape index (κ2) is 5.40. The summed E-state index contributed by atoms with van der Waals surface area (Å²) in [6.07, 6.45) is 1.30. The van der Waals surface area contributed by atoms with Gasteiger partial charge in [0, 0.05) is 10.9 Å². The van der Waals surface area contributed by atoms with Crippen LogP contribution in [0.5, 0.6) is 5.88 Å². The fraction of sp³-hybridized carbons (Fsp3) is 0.182. The summed E-state index contributed by atoms with van der Waals surface area (Å²) >= 11 is 1.60. The number of thiophene rings is 1. The van der Waals surface area contributed by atoms with Gasteiger partial charge in [-0.1, -0.05) is 6.07 Å². The molecule has 2 heterocycles. The molecule has 0 bridgehead atoms. The average Bonchev–Trinajstić information content (AvgIpc) is 2.89. The van der Waals surface area contributed by atoms with E-state index in [-0.39, 0.29) is 5.91 Å². The number of nitrogens with zero attached hydrogens (tertiary/aromatic N) is 2. The fourth-order valence-corrected chi connectivity index (χ4v) is 1.89. The number of methoxy groups -OCH3 is 1. The summed E-state index contributed by atoms with van der Waals surface area (Å²) in [5.41, 5.74) is 0.299. The van der Waals surface area contributed by atoms with E-state index in [0.29, 0.717) is 18.1 Å². The highest BCUT2D eigenvalue weighted by molar-refractivity contribution is 7.09. The second-order valence-electron chi connectivity index (χ2n) is 3.21. The Bertz CT molecular complexity index is 499. The molecule has 2 aromatic rings. The fourth-order valence-electron chi connectivity index (χ4n) is 1.25. The molecule has 0 aliphatic heterocycles. The smallest absolute Gasteiger partial charge is 0.270 e. The third kappa shape index (κ3) is 3.01. The first kappa shape index (κ1) is 11.5. The standard InChI is InChI=1S/C11H11N3O2S/c1-16-10-5-9(13-7-14-10)11(15)12-6-8-3-2-4-17-8/h2-5,7H,6H2,1H3,(H,12,15). The van der Waals surface area contributed by atoms with E-state index in [9.17, 15) is 4.79 Å². The summed E-state index contributed by atoms with van der Waals surface area (Å²) in [6.45, 7) is 0.503. The number of hydrogen-bond donors (Lipinski definition) is 1. The van der Waals surface area contributed by atoms with Crippen LogP contribution in [0.15, 0.2) is 29.9 Å². The van der Waals surface area contributed by atoms with E-state index >= 15 is 0 Å². The predicted molar refractivity (Wildman–Crippen MR) is 64.1 cm³/mol. The van der Waals surface area contributed by atoms with Crippen molar-refractivity contribution in [2.24, 2.45) is 0 Å². The van der Waals surface area contributed by atoms with Crippen molar-refractivity contribution < 1.29 is 9.53 Å². The molecule has 0 radical (unpaired) electrons. The van der Waals surface area contributed by atoms with Gasteiger partial charge in [-0.25, -0.2) is 9.97 Å². The summed E-state index contributed by atoms with van der Waals surface area (Å²) in [6, 6.07) is 5.41. The molecule has 0 spiro atoms. The molecule has 0 atom stereocenters. The van der Waals surface area contributed by atoms with Crippen molar-refractivity contribution in [1.82, 2.24) is 15.3 Å². The Morgan fingerprint density at radius 3 is 3.12 bits per heavy atom. The lowest BCUT2D eigenvalue weighted by Crippen LogP contribution is -2.23. The van der Waals surface area contributed by atoms with Gasteiger partial charge in [-0.15, -0.1) is 11.3 Å². The Morgan fingerprint density at radius 1 is 1.53 bits per heavy atom. The largest absolute Gasteiger partial charge is 0.481 e. The third-order valence-electron chi connectivity index (χ3n) is 2.09. The van der Waals surface area contributed by atoms with Crippen molar-refractivity contribution in [3.8, 4) is 5.88 Å². The van der Waals surface area contributed by atoms with E-state index in [2.05, 4.69) is 15.3 Å². The Morgan fingerprint density at radius 2 is 2.41 bits per heavy atom. The zero-order valence-corrected chi connectivity index (χ0v) is 10.0. The van der Waals surface area contributed by atoms with Crippen molar-refractivity contribution in [2.45, 2.75) is 6.54 Å². The van der Waals surface area contributed by atoms with Crippen LogP contribution in [0.4, 0.5) is 0 Å². The molecule has 0 aromatic carbocycles. The van der Waals surface area contributed by atoms with Crippen molar-refractivity contribution in [3.63, 3.8) is 0 Å². The van der Waals surface area contributed by atoms with E-state index in [1.165, 1.54) is 19.5 Å². The minimum atomic E-state index is -0.237. The zero-order chi connectivity index (χ0) is 12.1. The van der Waals surface area contributed by atoms with Crippen LogP contribution in [0.25, 0.3) is 0 Å². The summed E-state index contributed by atoms with van der Waals surface area (Å²) < 4.78 is 4.93. The van der Waals surface area contributed by atoms with Crippen LogP contribution in [-0.2, 0) is 6.54 Å². The van der Waals surface area contributed by atoms with Crippen molar-refractivity contribution in [1.29, 1.82) is 0 Å². The van der Waals surface area contributed by atoms with Gasteiger partial charge in [-0.3, -0.25) is 4.79 Å². The summed E-state index contributed by atoms with van der Waals surface area (Å²) in [4.78, 5) is 20.6. The summed E-state index contributed by atoms with van der Waals surface area (Å²) in [5, 5.41) is 4.75. The van der Waals surface area contributed by atoms with Crippen LogP contribution in [0.1, 0.15) is 15.4 Å². The molecule has 0 aliphatic rings. The Labute approximate surface area is 102 Å². The number of nitrogens with one attached hydrogen (secondary N) is 1. The lowest BCUT2D eigenvalue weighted by molar-refractivity contribution is 0.0945. The first-order chi connectivity index (χ1) is 8.29. The van der Waals surface area contributed by atoms with Crippen LogP contribution in [0.3, 0.4) is 0 Å². The summed E-state index contributed by atoms with van der Waals surface area (Å²) in [5.74, 6) is 0.139. The monoisotopic (exact) mass is 249 g/mol. The van der Waals surface area contributed by atoms with Gasteiger partial charge < -0.3 is 10.1 Å². The predicted octanol–water partition coefficient (Wildman–Crippen LogP) is 1.48. The molecule has 6 heteroatoms. The quantitative estimate of drug-likeness (QED) is 0.891. The number of aromatic nitrogens is 2. The second-order valence-corrected chi connectivity index (χ2v) is 4.24. The van der Waals surface area contributed by atoms with Gasteiger partial charge in [0.05, 0.1) is 13.7 Å². The van der Waals surface area contributed by atoms with Crippen LogP contribution in [0, 0.1) is 0 Å². The molecule has 2 aromatic heterocycles. The Balaban J connectivity index is 1.99. The molecular weight excluding hydrogens is 238 g/mol. The topological polar surface area (TPSA) is 64.1 Å². The van der Waals surface area contributed by atoms with Gasteiger partial charge in [-0.05, 0) is 11.4 Å². The van der Waals surface area contributed by atoms with Gasteiger partial charge in [-0.2, -0.15) is 0 Å². The third-order valence-corrected chi connectivity index (χ3v) is 2.96. The van der Waals surface area contributed by atoms with E-state index in [0.717, 1.165) is 4.88 Å². The SMILES string of the molecule is COc1cc(C(=O)NCc2cccs2)ncn1. The van der Waals surface area contributed by atoms with Gasteiger partial charge in [0.15, 0.2) is 0 Å². The first-order valence-corrected chi connectivity index (χ1v) is 5.84. The highest BCUT2D eigenvalue weighted by Crippen LogP contribution is 2.09. The highest BCUT2D eigenvalue weighted by atomic mass is 32.1. The molecule has 0 fully saturated rings. The van der Waals surface area contributed by atoms with Crippen LogP contribution in [-0.4, -0.2) is 23.0 Å². The molecule has 1 amide bonds. The van der Waals surface area contributed by atoms with Crippen LogP contribution < -0.4 is 10.1 Å². The summed E-state index contributed by atoms with van der Waals surface area (Å²) in [7, 11) is 1.50. The van der Waals surface area contributed by atoms with E-state index in [1.807, 2.05) is 17.5 Å². The molecular formula is C11H11N3O2S. The van der Waals surface area contributed by atoms with Gasteiger partial charge in [0.1, 0.15) is 12.0 Å². The van der Waals surface area contributed by atoms with E-state index in [4.69, 9.17) is 4.74 Å². The maximum atomic E-state index is 11.8. The van der Waals surface area contributed by atoms with Crippen molar-refractivity contribution >= 4 is 17.2 Å². The molecule has 0 aliphatic carbocycles. The van der Waals surface area contributed by atoms with E-state index < -0.39 is 0 Å². The normalized spacial score (nSPS) is 9.94. The average molecular weight is 249 g/mol. The molecule has 0 unspecified atom stereocenters. The number of ether oxygens (including phenoxy) is 1. The molecule has 2 rings (SSSR count). The highest BCUT2D eigenvalue weighted by Gasteiger charge is 2.08. The van der Waals surface area contributed by atoms with Crippen LogP contribution >= 0.6 is 11.3 Å². The molecule has 17 heavy (non-hydrogen) atoms. The molecule has 1 N–H and O–H groups in total. The lowest BCUT2D eigenvalue weighted by atomic mass is 10.3. The van der Waals surface area contributed by atoms with Gasteiger partial charge >= 0.3 is 0 Å². The maximum absolute atomic E-state index is 11.8.